The lowest BCUT2D eigenvalue weighted by Crippen LogP contribution is -2.31. The van der Waals surface area contributed by atoms with Crippen LogP contribution >= 0.6 is 11.6 Å². The molecular formula is C15H17ClN2O3S. The SMILES string of the molecule is O=S(=O)(NCCNCc1cc(Cl)ccc1O)c1ccccc1. The number of sulfonamides is 1. The lowest BCUT2D eigenvalue weighted by atomic mass is 10.2. The number of halogens is 1. The van der Waals surface area contributed by atoms with E-state index >= 15 is 0 Å². The van der Waals surface area contributed by atoms with Crippen molar-refractivity contribution in [3.8, 4) is 5.75 Å². The molecule has 7 heteroatoms. The Morgan fingerprint density at radius 1 is 1.05 bits per heavy atom. The van der Waals surface area contributed by atoms with E-state index in [0.29, 0.717) is 23.7 Å². The van der Waals surface area contributed by atoms with Crippen molar-refractivity contribution in [2.75, 3.05) is 13.1 Å². The second-order valence-electron chi connectivity index (χ2n) is 4.66. The monoisotopic (exact) mass is 340 g/mol. The van der Waals surface area contributed by atoms with Crippen LogP contribution in [-0.2, 0) is 16.6 Å². The predicted molar refractivity (Wildman–Crippen MR) is 86.5 cm³/mol. The highest BCUT2D eigenvalue weighted by Gasteiger charge is 2.11. The van der Waals surface area contributed by atoms with Crippen molar-refractivity contribution in [1.29, 1.82) is 0 Å². The second-order valence-corrected chi connectivity index (χ2v) is 6.86. The maximum atomic E-state index is 12.0. The summed E-state index contributed by atoms with van der Waals surface area (Å²) in [4.78, 5) is 0.238. The van der Waals surface area contributed by atoms with Gasteiger partial charge in [0.2, 0.25) is 10.0 Å². The topological polar surface area (TPSA) is 78.4 Å². The minimum Gasteiger partial charge on any atom is -0.508 e. The van der Waals surface area contributed by atoms with Crippen LogP contribution in [0.4, 0.5) is 0 Å². The first-order valence-electron chi connectivity index (χ1n) is 6.72. The van der Waals surface area contributed by atoms with Gasteiger partial charge in [-0.25, -0.2) is 13.1 Å². The number of benzene rings is 2. The van der Waals surface area contributed by atoms with Crippen molar-refractivity contribution in [1.82, 2.24) is 10.0 Å². The summed E-state index contributed by atoms with van der Waals surface area (Å²) in [6.45, 7) is 1.08. The van der Waals surface area contributed by atoms with Crippen molar-refractivity contribution < 1.29 is 13.5 Å². The van der Waals surface area contributed by atoms with Crippen molar-refractivity contribution in [2.24, 2.45) is 0 Å². The Hall–Kier alpha value is -1.60. The second kappa shape index (κ2) is 7.60. The molecule has 5 nitrogen and oxygen atoms in total. The molecule has 0 amide bonds. The molecule has 2 rings (SSSR count). The summed E-state index contributed by atoms with van der Waals surface area (Å²) >= 11 is 5.85. The molecule has 0 saturated heterocycles. The molecular weight excluding hydrogens is 324 g/mol. The van der Waals surface area contributed by atoms with Gasteiger partial charge in [-0.2, -0.15) is 0 Å². The van der Waals surface area contributed by atoms with E-state index in [-0.39, 0.29) is 17.2 Å². The summed E-state index contributed by atoms with van der Waals surface area (Å²) in [5, 5.41) is 13.2. The van der Waals surface area contributed by atoms with Gasteiger partial charge in [-0.3, -0.25) is 0 Å². The molecule has 0 unspecified atom stereocenters. The van der Waals surface area contributed by atoms with Crippen LogP contribution in [0.25, 0.3) is 0 Å². The van der Waals surface area contributed by atoms with Crippen molar-refractivity contribution in [3.05, 3.63) is 59.1 Å². The Labute approximate surface area is 135 Å². The molecule has 3 N–H and O–H groups in total. The molecule has 0 aromatic heterocycles. The van der Waals surface area contributed by atoms with Gasteiger partial charge in [-0.05, 0) is 30.3 Å². The van der Waals surface area contributed by atoms with E-state index in [1.54, 1.807) is 42.5 Å². The molecule has 22 heavy (non-hydrogen) atoms. The Bertz CT molecular complexity index is 721. The first-order valence-corrected chi connectivity index (χ1v) is 8.58. The number of rotatable bonds is 7. The zero-order chi connectivity index (χ0) is 16.0. The zero-order valence-electron chi connectivity index (χ0n) is 11.8. The smallest absolute Gasteiger partial charge is 0.240 e. The third-order valence-corrected chi connectivity index (χ3v) is 4.72. The van der Waals surface area contributed by atoms with Gasteiger partial charge in [-0.15, -0.1) is 0 Å². The molecule has 0 atom stereocenters. The number of aromatic hydroxyl groups is 1. The largest absolute Gasteiger partial charge is 0.508 e. The average Bonchev–Trinajstić information content (AvgIpc) is 2.51. The summed E-state index contributed by atoms with van der Waals surface area (Å²) < 4.78 is 26.4. The molecule has 0 aliphatic rings. The summed E-state index contributed by atoms with van der Waals surface area (Å²) in [6.07, 6.45) is 0. The van der Waals surface area contributed by atoms with Gasteiger partial charge in [-0.1, -0.05) is 29.8 Å². The lowest BCUT2D eigenvalue weighted by Gasteiger charge is -2.09. The first-order chi connectivity index (χ1) is 10.5. The van der Waals surface area contributed by atoms with E-state index in [9.17, 15) is 13.5 Å². The maximum absolute atomic E-state index is 12.0. The van der Waals surface area contributed by atoms with Crippen molar-refractivity contribution >= 4 is 21.6 Å². The van der Waals surface area contributed by atoms with Crippen LogP contribution in [0.1, 0.15) is 5.56 Å². The summed E-state index contributed by atoms with van der Waals surface area (Å²) in [6, 6.07) is 13.0. The van der Waals surface area contributed by atoms with Gasteiger partial charge in [0.05, 0.1) is 4.90 Å². The highest BCUT2D eigenvalue weighted by atomic mass is 35.5. The van der Waals surface area contributed by atoms with Crippen LogP contribution in [0.15, 0.2) is 53.4 Å². The molecule has 0 fully saturated rings. The quantitative estimate of drug-likeness (QED) is 0.675. The van der Waals surface area contributed by atoms with Crippen LogP contribution in [-0.4, -0.2) is 26.6 Å². The number of hydrogen-bond donors (Lipinski definition) is 3. The van der Waals surface area contributed by atoms with Gasteiger partial charge < -0.3 is 10.4 Å². The van der Waals surface area contributed by atoms with E-state index in [1.807, 2.05) is 0 Å². The molecule has 0 saturated carbocycles. The molecule has 0 radical (unpaired) electrons. The number of hydrogen-bond acceptors (Lipinski definition) is 4. The van der Waals surface area contributed by atoms with Crippen LogP contribution in [0.3, 0.4) is 0 Å². The maximum Gasteiger partial charge on any atom is 0.240 e. The summed E-state index contributed by atoms with van der Waals surface area (Å²) in [7, 11) is -3.48. The molecule has 0 aliphatic carbocycles. The van der Waals surface area contributed by atoms with E-state index < -0.39 is 10.0 Å². The predicted octanol–water partition coefficient (Wildman–Crippen LogP) is 2.11. The number of nitrogens with one attached hydrogen (secondary N) is 2. The van der Waals surface area contributed by atoms with Crippen LogP contribution in [0.2, 0.25) is 5.02 Å². The molecule has 0 heterocycles. The Kier molecular flexibility index (Phi) is 5.79. The Morgan fingerprint density at radius 2 is 1.77 bits per heavy atom. The van der Waals surface area contributed by atoms with Gasteiger partial charge >= 0.3 is 0 Å². The molecule has 0 bridgehead atoms. The number of phenols is 1. The zero-order valence-corrected chi connectivity index (χ0v) is 13.4. The standard InChI is InChI=1S/C15H17ClN2O3S/c16-13-6-7-15(19)12(10-13)11-17-8-9-18-22(20,21)14-4-2-1-3-5-14/h1-7,10,17-19H,8-9,11H2. The minimum absolute atomic E-state index is 0.154. The van der Waals surface area contributed by atoms with Gasteiger partial charge in [0, 0.05) is 30.2 Å². The highest BCUT2D eigenvalue weighted by Crippen LogP contribution is 2.20. The van der Waals surface area contributed by atoms with Crippen LogP contribution in [0.5, 0.6) is 5.75 Å². The normalized spacial score (nSPS) is 11.5. The van der Waals surface area contributed by atoms with E-state index in [1.165, 1.54) is 6.07 Å². The van der Waals surface area contributed by atoms with Crippen molar-refractivity contribution in [3.63, 3.8) is 0 Å². The fraction of sp³-hybridized carbons (Fsp3) is 0.200. The minimum atomic E-state index is -3.48. The first kappa shape index (κ1) is 16.8. The Morgan fingerprint density at radius 3 is 2.50 bits per heavy atom. The van der Waals surface area contributed by atoms with Gasteiger partial charge in [0.15, 0.2) is 0 Å². The van der Waals surface area contributed by atoms with E-state index in [2.05, 4.69) is 10.0 Å². The molecule has 118 valence electrons. The van der Waals surface area contributed by atoms with Crippen LogP contribution < -0.4 is 10.0 Å². The summed E-state index contributed by atoms with van der Waals surface area (Å²) in [5.74, 6) is 0.154. The third kappa shape index (κ3) is 4.71. The fourth-order valence-corrected chi connectivity index (χ4v) is 3.12. The van der Waals surface area contributed by atoms with E-state index in [4.69, 9.17) is 11.6 Å². The molecule has 2 aromatic rings. The van der Waals surface area contributed by atoms with Crippen molar-refractivity contribution in [2.45, 2.75) is 11.4 Å². The van der Waals surface area contributed by atoms with Gasteiger partial charge in [0.25, 0.3) is 0 Å². The Balaban J connectivity index is 1.79. The van der Waals surface area contributed by atoms with Gasteiger partial charge in [0.1, 0.15) is 5.75 Å². The lowest BCUT2D eigenvalue weighted by molar-refractivity contribution is 0.464. The fourth-order valence-electron chi connectivity index (χ4n) is 1.88. The average molecular weight is 341 g/mol. The van der Waals surface area contributed by atoms with E-state index in [0.717, 1.165) is 0 Å². The molecule has 2 aromatic carbocycles. The third-order valence-electron chi connectivity index (χ3n) is 3.00. The summed E-state index contributed by atoms with van der Waals surface area (Å²) in [5.41, 5.74) is 0.665. The molecule has 0 aliphatic heterocycles. The van der Waals surface area contributed by atoms with Crippen LogP contribution in [0, 0.1) is 0 Å². The number of phenolic OH excluding ortho intramolecular Hbond substituents is 1. The molecule has 0 spiro atoms. The highest BCUT2D eigenvalue weighted by molar-refractivity contribution is 7.89.